The molecule has 190 valence electrons. The number of carbonyl (C=O) groups is 1. The maximum Gasteiger partial charge on any atom is 0.257 e. The maximum atomic E-state index is 13.2. The molecule has 35 heavy (non-hydrogen) atoms. The molecule has 1 amide bonds. The van der Waals surface area contributed by atoms with E-state index in [1.165, 1.54) is 11.1 Å². The summed E-state index contributed by atoms with van der Waals surface area (Å²) in [5.74, 6) is 1.65. The van der Waals surface area contributed by atoms with Crippen molar-refractivity contribution in [3.05, 3.63) is 59.2 Å². The molecule has 2 aliphatic rings. The molecule has 2 N–H and O–H groups in total. The van der Waals surface area contributed by atoms with Gasteiger partial charge in [-0.1, -0.05) is 37.6 Å². The van der Waals surface area contributed by atoms with Gasteiger partial charge in [-0.05, 0) is 55.6 Å². The number of ether oxygens (including phenoxy) is 2. The lowest BCUT2D eigenvalue weighted by atomic mass is 10.00. The SMILES string of the molecule is CCC(CCNC)COc1ccc2c(c1)OCCN(CC(O)CN1CCc3ccccc3C1)C2=O. The summed E-state index contributed by atoms with van der Waals surface area (Å²) >= 11 is 0. The van der Waals surface area contributed by atoms with Gasteiger partial charge in [0.05, 0.1) is 24.8 Å². The highest BCUT2D eigenvalue weighted by Crippen LogP contribution is 2.29. The van der Waals surface area contributed by atoms with E-state index in [-0.39, 0.29) is 5.91 Å². The zero-order valence-electron chi connectivity index (χ0n) is 21.0. The summed E-state index contributed by atoms with van der Waals surface area (Å²) in [5, 5.41) is 14.0. The number of fused-ring (bicyclic) bond motifs is 2. The molecule has 0 fully saturated rings. The number of β-amino-alcohol motifs (C(OH)–C–C–N with tert-alkyl or cyclic N) is 1. The lowest BCUT2D eigenvalue weighted by Crippen LogP contribution is -2.44. The van der Waals surface area contributed by atoms with Crippen LogP contribution in [0, 0.1) is 5.92 Å². The Morgan fingerprint density at radius 3 is 2.77 bits per heavy atom. The standard InChI is InChI=1S/C28H39N3O4/c1-3-21(10-12-29-2)20-35-25-8-9-26-27(16-25)34-15-14-31(28(26)33)19-24(32)18-30-13-11-22-6-4-5-7-23(22)17-30/h4-9,16,21,24,29,32H,3,10-15,17-20H2,1-2H3. The Morgan fingerprint density at radius 1 is 1.14 bits per heavy atom. The van der Waals surface area contributed by atoms with Crippen LogP contribution in [0.2, 0.25) is 0 Å². The van der Waals surface area contributed by atoms with Crippen LogP contribution in [0.4, 0.5) is 0 Å². The summed E-state index contributed by atoms with van der Waals surface area (Å²) in [5.41, 5.74) is 3.24. The molecule has 0 spiro atoms. The number of hydrogen-bond acceptors (Lipinski definition) is 6. The monoisotopic (exact) mass is 481 g/mol. The van der Waals surface area contributed by atoms with Crippen molar-refractivity contribution in [3.8, 4) is 11.5 Å². The van der Waals surface area contributed by atoms with Crippen molar-refractivity contribution in [2.24, 2.45) is 5.92 Å². The van der Waals surface area contributed by atoms with E-state index >= 15 is 0 Å². The predicted molar refractivity (Wildman–Crippen MR) is 137 cm³/mol. The van der Waals surface area contributed by atoms with Gasteiger partial charge in [0.25, 0.3) is 5.91 Å². The Labute approximate surface area is 209 Å². The fourth-order valence-corrected chi connectivity index (χ4v) is 4.89. The van der Waals surface area contributed by atoms with Crippen molar-refractivity contribution in [1.29, 1.82) is 0 Å². The molecule has 7 heteroatoms. The number of carbonyl (C=O) groups excluding carboxylic acids is 1. The smallest absolute Gasteiger partial charge is 0.257 e. The molecule has 2 unspecified atom stereocenters. The Balaban J connectivity index is 1.32. The van der Waals surface area contributed by atoms with Crippen LogP contribution in [0.15, 0.2) is 42.5 Å². The summed E-state index contributed by atoms with van der Waals surface area (Å²) in [6, 6.07) is 13.9. The topological polar surface area (TPSA) is 74.3 Å². The zero-order valence-corrected chi connectivity index (χ0v) is 21.0. The largest absolute Gasteiger partial charge is 0.493 e. The molecule has 4 rings (SSSR count). The van der Waals surface area contributed by atoms with Crippen molar-refractivity contribution in [2.75, 3.05) is 53.0 Å². The molecule has 0 aliphatic carbocycles. The zero-order chi connectivity index (χ0) is 24.6. The van der Waals surface area contributed by atoms with Gasteiger partial charge >= 0.3 is 0 Å². The fraction of sp³-hybridized carbons (Fsp3) is 0.536. The van der Waals surface area contributed by atoms with Crippen LogP contribution in [0.1, 0.15) is 41.3 Å². The number of nitrogens with one attached hydrogen (secondary N) is 1. The van der Waals surface area contributed by atoms with Gasteiger partial charge in [0.1, 0.15) is 18.1 Å². The maximum absolute atomic E-state index is 13.2. The van der Waals surface area contributed by atoms with Crippen LogP contribution < -0.4 is 14.8 Å². The van der Waals surface area contributed by atoms with Gasteiger partial charge in [0.2, 0.25) is 0 Å². The van der Waals surface area contributed by atoms with Crippen molar-refractivity contribution in [2.45, 2.75) is 38.8 Å². The first-order chi connectivity index (χ1) is 17.1. The molecule has 0 saturated carbocycles. The van der Waals surface area contributed by atoms with Crippen molar-refractivity contribution >= 4 is 5.91 Å². The van der Waals surface area contributed by atoms with Crippen LogP contribution in [-0.4, -0.2) is 79.9 Å². The van der Waals surface area contributed by atoms with Gasteiger partial charge in [-0.15, -0.1) is 0 Å². The average molecular weight is 482 g/mol. The fourth-order valence-electron chi connectivity index (χ4n) is 4.89. The highest BCUT2D eigenvalue weighted by atomic mass is 16.5. The Morgan fingerprint density at radius 2 is 1.97 bits per heavy atom. The van der Waals surface area contributed by atoms with Crippen molar-refractivity contribution < 1.29 is 19.4 Å². The molecule has 0 saturated heterocycles. The molecule has 7 nitrogen and oxygen atoms in total. The number of nitrogens with zero attached hydrogens (tertiary/aromatic N) is 2. The molecular formula is C28H39N3O4. The van der Waals surface area contributed by atoms with Gasteiger partial charge in [-0.25, -0.2) is 0 Å². The Kier molecular flexibility index (Phi) is 9.01. The van der Waals surface area contributed by atoms with Gasteiger partial charge < -0.3 is 24.8 Å². The van der Waals surface area contributed by atoms with Gasteiger partial charge in [0, 0.05) is 32.2 Å². The summed E-state index contributed by atoms with van der Waals surface area (Å²) in [7, 11) is 1.96. The van der Waals surface area contributed by atoms with Crippen molar-refractivity contribution in [3.63, 3.8) is 0 Å². The number of rotatable bonds is 11. The van der Waals surface area contributed by atoms with Gasteiger partial charge in [-0.3, -0.25) is 9.69 Å². The van der Waals surface area contributed by atoms with E-state index in [1.807, 2.05) is 19.2 Å². The minimum atomic E-state index is -0.614. The van der Waals surface area contributed by atoms with Crippen LogP contribution >= 0.6 is 0 Å². The van der Waals surface area contributed by atoms with Crippen LogP contribution in [0.5, 0.6) is 11.5 Å². The lowest BCUT2D eigenvalue weighted by Gasteiger charge is -2.32. The van der Waals surface area contributed by atoms with Crippen LogP contribution in [-0.2, 0) is 13.0 Å². The number of aliphatic hydroxyl groups excluding tert-OH is 1. The van der Waals surface area contributed by atoms with E-state index in [1.54, 1.807) is 11.0 Å². The van der Waals surface area contributed by atoms with E-state index in [4.69, 9.17) is 9.47 Å². The molecule has 2 aromatic carbocycles. The number of aliphatic hydroxyl groups is 1. The van der Waals surface area contributed by atoms with Gasteiger partial charge in [0.15, 0.2) is 0 Å². The number of hydrogen-bond donors (Lipinski definition) is 2. The Hall–Kier alpha value is -2.61. The second-order valence-corrected chi connectivity index (χ2v) is 9.64. The average Bonchev–Trinajstić information content (AvgIpc) is 3.02. The minimum absolute atomic E-state index is 0.104. The third-order valence-electron chi connectivity index (χ3n) is 7.06. The third kappa shape index (κ3) is 6.75. The second kappa shape index (κ2) is 12.4. The quantitative estimate of drug-likeness (QED) is 0.514. The number of benzene rings is 2. The van der Waals surface area contributed by atoms with E-state index < -0.39 is 6.10 Å². The third-order valence-corrected chi connectivity index (χ3v) is 7.06. The molecule has 2 aliphatic heterocycles. The highest BCUT2D eigenvalue weighted by Gasteiger charge is 2.27. The van der Waals surface area contributed by atoms with Crippen molar-refractivity contribution in [1.82, 2.24) is 15.1 Å². The Bertz CT molecular complexity index is 982. The first kappa shape index (κ1) is 25.5. The molecule has 0 aromatic heterocycles. The first-order valence-electron chi connectivity index (χ1n) is 12.9. The van der Waals surface area contributed by atoms with Crippen LogP contribution in [0.25, 0.3) is 0 Å². The molecule has 2 atom stereocenters. The van der Waals surface area contributed by atoms with Crippen LogP contribution in [0.3, 0.4) is 0 Å². The molecule has 0 bridgehead atoms. The van der Waals surface area contributed by atoms with E-state index in [9.17, 15) is 9.90 Å². The lowest BCUT2D eigenvalue weighted by molar-refractivity contribution is 0.0501. The molecular weight excluding hydrogens is 442 g/mol. The van der Waals surface area contributed by atoms with E-state index in [0.717, 1.165) is 44.6 Å². The second-order valence-electron chi connectivity index (χ2n) is 9.64. The summed E-state index contributed by atoms with van der Waals surface area (Å²) in [4.78, 5) is 17.2. The van der Waals surface area contributed by atoms with E-state index in [0.29, 0.717) is 50.1 Å². The summed E-state index contributed by atoms with van der Waals surface area (Å²) in [6.07, 6.45) is 2.50. The van der Waals surface area contributed by atoms with Gasteiger partial charge in [-0.2, -0.15) is 0 Å². The number of amides is 1. The summed E-state index contributed by atoms with van der Waals surface area (Å²) < 4.78 is 11.9. The molecule has 2 heterocycles. The minimum Gasteiger partial charge on any atom is -0.493 e. The summed E-state index contributed by atoms with van der Waals surface area (Å²) in [6.45, 7) is 7.23. The normalized spacial score (nSPS) is 17.7. The highest BCUT2D eigenvalue weighted by molar-refractivity contribution is 5.97. The molecule has 2 aromatic rings. The predicted octanol–water partition coefficient (Wildman–Crippen LogP) is 2.95. The van der Waals surface area contributed by atoms with E-state index in [2.05, 4.69) is 41.4 Å². The molecule has 0 radical (unpaired) electrons. The first-order valence-corrected chi connectivity index (χ1v) is 12.9.